The van der Waals surface area contributed by atoms with E-state index in [4.69, 9.17) is 4.43 Å². The van der Waals surface area contributed by atoms with Crippen molar-refractivity contribution in [3.63, 3.8) is 0 Å². The number of β-lactam (4-membered cyclic amide) rings is 1. The predicted molar refractivity (Wildman–Crippen MR) is 90.6 cm³/mol. The van der Waals surface area contributed by atoms with Gasteiger partial charge in [-0.2, -0.15) is 0 Å². The molecular weight excluding hydrogens is 286 g/mol. The average Bonchev–Trinajstić information content (AvgIpc) is 2.10. The molecule has 1 saturated heterocycles. The maximum absolute atomic E-state index is 12.2. The van der Waals surface area contributed by atoms with E-state index in [1.165, 1.54) is 0 Å². The summed E-state index contributed by atoms with van der Waals surface area (Å²) in [7, 11) is -1.23. The average molecular weight is 318 g/mol. The lowest BCUT2D eigenvalue weighted by Gasteiger charge is -2.55. The Hall–Kier alpha value is -0.00312. The van der Waals surface area contributed by atoms with Crippen LogP contribution in [0.15, 0.2) is 0 Å². The summed E-state index contributed by atoms with van der Waals surface area (Å²) in [4.78, 5) is 12.2. The first-order valence-electron chi connectivity index (χ1n) is 7.44. The van der Waals surface area contributed by atoms with Crippen molar-refractivity contribution in [1.29, 1.82) is 0 Å². The summed E-state index contributed by atoms with van der Waals surface area (Å²) < 4.78 is 6.52. The Kier molecular flexibility index (Phi) is 5.10. The smallest absolute Gasteiger partial charge is 0.229 e. The molecule has 0 aliphatic carbocycles. The second kappa shape index (κ2) is 5.65. The maximum Gasteiger partial charge on any atom is 0.229 e. The van der Waals surface area contributed by atoms with Gasteiger partial charge in [-0.1, -0.05) is 41.5 Å². The molecule has 1 aliphatic heterocycles. The highest BCUT2D eigenvalue weighted by Crippen LogP contribution is 2.48. The van der Waals surface area contributed by atoms with E-state index in [-0.39, 0.29) is 27.4 Å². The number of carbonyl (C=O) groups excluding carboxylic acids is 1. The van der Waals surface area contributed by atoms with E-state index in [2.05, 4.69) is 66.9 Å². The molecule has 0 aromatic carbocycles. The van der Waals surface area contributed by atoms with Gasteiger partial charge < -0.3 is 9.74 Å². The highest BCUT2D eigenvalue weighted by atomic mass is 32.2. The van der Waals surface area contributed by atoms with Crippen LogP contribution in [-0.2, 0) is 9.22 Å². The summed E-state index contributed by atoms with van der Waals surface area (Å²) in [6, 6.07) is 0. The molecule has 1 rings (SSSR count). The summed E-state index contributed by atoms with van der Waals surface area (Å²) in [6.07, 6.45) is 0. The fourth-order valence-corrected chi connectivity index (χ4v) is 5.51. The van der Waals surface area contributed by atoms with E-state index < -0.39 is 14.6 Å². The molecule has 1 heterocycles. The second-order valence-corrected chi connectivity index (χ2v) is 12.5. The van der Waals surface area contributed by atoms with E-state index in [9.17, 15) is 4.79 Å². The molecule has 118 valence electrons. The third kappa shape index (κ3) is 3.80. The van der Waals surface area contributed by atoms with Gasteiger partial charge in [-0.3, -0.25) is 4.79 Å². The molecule has 0 radical (unpaired) electrons. The highest BCUT2D eigenvalue weighted by Gasteiger charge is 2.57. The molecule has 1 N–H and O–H groups in total. The van der Waals surface area contributed by atoms with E-state index >= 15 is 0 Å². The van der Waals surface area contributed by atoms with Crippen molar-refractivity contribution in [1.82, 2.24) is 5.32 Å². The van der Waals surface area contributed by atoms with Gasteiger partial charge in [-0.15, -0.1) is 11.8 Å². The van der Waals surface area contributed by atoms with Gasteiger partial charge in [0.05, 0.1) is 16.9 Å². The number of amides is 1. The van der Waals surface area contributed by atoms with Crippen molar-refractivity contribution >= 4 is 26.7 Å². The van der Waals surface area contributed by atoms with Crippen molar-refractivity contribution in [2.24, 2.45) is 11.3 Å². The van der Waals surface area contributed by atoms with Crippen LogP contribution in [0.4, 0.5) is 0 Å². The number of nitrogens with one attached hydrogen (secondary N) is 1. The summed E-state index contributed by atoms with van der Waals surface area (Å²) in [5.74, 6) is 0.0699. The summed E-state index contributed by atoms with van der Waals surface area (Å²) in [5.41, 5.74) is -0.470. The van der Waals surface area contributed by atoms with Crippen LogP contribution in [0.3, 0.4) is 0 Å². The Morgan fingerprint density at radius 2 is 1.60 bits per heavy atom. The van der Waals surface area contributed by atoms with Crippen LogP contribution in [-0.4, -0.2) is 30.7 Å². The van der Waals surface area contributed by atoms with Crippen molar-refractivity contribution < 1.29 is 9.22 Å². The number of carbonyl (C=O) groups is 1. The number of rotatable bonds is 4. The lowest BCUT2D eigenvalue weighted by atomic mass is 9.67. The molecule has 5 heteroatoms. The molecule has 0 spiro atoms. The summed E-state index contributed by atoms with van der Waals surface area (Å²) in [5, 5.41) is 3.21. The standard InChI is InChI=1S/C15H31NO2SSi/c1-13(2,3)15(7,18-20(8)9)10-11(17)16-12(10)19-14(4,5)6/h10,12,20H,1-9H3,(H,16,17)/t10-,12+,15?/m0/s1. The van der Waals surface area contributed by atoms with Gasteiger partial charge in [-0.05, 0) is 25.4 Å². The highest BCUT2D eigenvalue weighted by molar-refractivity contribution is 8.01. The van der Waals surface area contributed by atoms with E-state index in [0.717, 1.165) is 0 Å². The SMILES string of the molecule is C[SiH](C)OC(C)([C@H]1C(=O)N[C@@H]1SC(C)(C)C)C(C)(C)C. The van der Waals surface area contributed by atoms with E-state index in [1.807, 2.05) is 11.8 Å². The Morgan fingerprint density at radius 1 is 1.10 bits per heavy atom. The fraction of sp³-hybridized carbons (Fsp3) is 0.933. The quantitative estimate of drug-likeness (QED) is 0.638. The van der Waals surface area contributed by atoms with Crippen LogP contribution >= 0.6 is 11.8 Å². The van der Waals surface area contributed by atoms with Gasteiger partial charge in [0.2, 0.25) is 5.91 Å². The minimum atomic E-state index is -1.23. The summed E-state index contributed by atoms with van der Waals surface area (Å²) >= 11 is 1.83. The molecule has 1 fully saturated rings. The first-order chi connectivity index (χ1) is 8.78. The largest absolute Gasteiger partial charge is 0.414 e. The van der Waals surface area contributed by atoms with Crippen molar-refractivity contribution in [3.8, 4) is 0 Å². The van der Waals surface area contributed by atoms with Crippen molar-refractivity contribution in [2.75, 3.05) is 0 Å². The van der Waals surface area contributed by atoms with Crippen molar-refractivity contribution in [3.05, 3.63) is 0 Å². The normalized spacial score (nSPS) is 27.0. The number of thioether (sulfide) groups is 1. The lowest BCUT2D eigenvalue weighted by molar-refractivity contribution is -0.153. The topological polar surface area (TPSA) is 38.3 Å². The van der Waals surface area contributed by atoms with Crippen molar-refractivity contribution in [2.45, 2.75) is 77.3 Å². The first kappa shape index (κ1) is 18.0. The number of hydrogen-bond acceptors (Lipinski definition) is 3. The monoisotopic (exact) mass is 317 g/mol. The molecule has 0 aromatic heterocycles. The van der Waals surface area contributed by atoms with Crippen LogP contribution in [0, 0.1) is 11.3 Å². The molecular formula is C15H31NO2SSi. The molecule has 1 amide bonds. The van der Waals surface area contributed by atoms with Gasteiger partial charge in [-0.25, -0.2) is 0 Å². The zero-order valence-corrected chi connectivity index (χ0v) is 16.4. The molecule has 0 bridgehead atoms. The molecule has 1 unspecified atom stereocenters. The third-order valence-electron chi connectivity index (χ3n) is 3.91. The number of hydrogen-bond donors (Lipinski definition) is 1. The van der Waals surface area contributed by atoms with Gasteiger partial charge >= 0.3 is 0 Å². The Balaban J connectivity index is 3.03. The van der Waals surface area contributed by atoms with E-state index in [1.54, 1.807) is 0 Å². The molecule has 0 saturated carbocycles. The Morgan fingerprint density at radius 3 is 1.90 bits per heavy atom. The molecule has 1 aliphatic rings. The maximum atomic E-state index is 12.2. The lowest BCUT2D eigenvalue weighted by Crippen LogP contribution is -2.69. The zero-order valence-electron chi connectivity index (χ0n) is 14.5. The minimum Gasteiger partial charge on any atom is -0.414 e. The Labute approximate surface area is 130 Å². The molecule has 3 atom stereocenters. The van der Waals surface area contributed by atoms with Crippen LogP contribution in [0.5, 0.6) is 0 Å². The molecule has 0 aromatic rings. The van der Waals surface area contributed by atoms with Crippen LogP contribution in [0.25, 0.3) is 0 Å². The van der Waals surface area contributed by atoms with Crippen LogP contribution in [0.2, 0.25) is 13.1 Å². The Bertz CT molecular complexity index is 373. The predicted octanol–water partition coefficient (Wildman–Crippen LogP) is 3.40. The second-order valence-electron chi connectivity index (χ2n) is 8.16. The van der Waals surface area contributed by atoms with Gasteiger partial charge in [0.25, 0.3) is 0 Å². The molecule has 20 heavy (non-hydrogen) atoms. The van der Waals surface area contributed by atoms with Gasteiger partial charge in [0.15, 0.2) is 9.04 Å². The fourth-order valence-electron chi connectivity index (χ4n) is 2.58. The zero-order chi connectivity index (χ0) is 15.9. The van der Waals surface area contributed by atoms with Crippen LogP contribution in [0.1, 0.15) is 48.5 Å². The van der Waals surface area contributed by atoms with Gasteiger partial charge in [0.1, 0.15) is 0 Å². The van der Waals surface area contributed by atoms with E-state index in [0.29, 0.717) is 0 Å². The third-order valence-corrected chi connectivity index (χ3v) is 6.23. The first-order valence-corrected chi connectivity index (χ1v) is 11.1. The van der Waals surface area contributed by atoms with Crippen LogP contribution < -0.4 is 5.32 Å². The molecule has 3 nitrogen and oxygen atoms in total. The van der Waals surface area contributed by atoms with Gasteiger partial charge in [0, 0.05) is 4.75 Å². The minimum absolute atomic E-state index is 0.0661. The summed E-state index contributed by atoms with van der Waals surface area (Å²) in [6.45, 7) is 19.6.